The van der Waals surface area contributed by atoms with Gasteiger partial charge < -0.3 is 11.5 Å². The van der Waals surface area contributed by atoms with Crippen LogP contribution in [-0.2, 0) is 0 Å². The minimum atomic E-state index is -0.595. The van der Waals surface area contributed by atoms with E-state index in [1.165, 1.54) is 9.80 Å². The zero-order chi connectivity index (χ0) is 20.3. The van der Waals surface area contributed by atoms with Gasteiger partial charge in [0, 0.05) is 0 Å². The molecule has 6 nitrogen and oxygen atoms in total. The standard InChI is InChI=1S/C22H22N4O2/c1-15-3-7-17(8-4-15)25(21(23)27)19-11-13-20(14-12-19)26(22(24)28)18-9-5-16(2)6-10-18/h3-14H,1-2H3,(H2,23,27)(H2,24,28). The Morgan fingerprint density at radius 2 is 0.750 bits per heavy atom. The number of nitrogens with zero attached hydrogens (tertiary/aromatic N) is 2. The van der Waals surface area contributed by atoms with Crippen molar-refractivity contribution in [2.75, 3.05) is 9.80 Å². The summed E-state index contributed by atoms with van der Waals surface area (Å²) in [6.07, 6.45) is 0. The van der Waals surface area contributed by atoms with Crippen molar-refractivity contribution in [3.63, 3.8) is 0 Å². The molecule has 0 saturated heterocycles. The van der Waals surface area contributed by atoms with Crippen LogP contribution in [0.2, 0.25) is 0 Å². The molecular weight excluding hydrogens is 352 g/mol. The molecule has 28 heavy (non-hydrogen) atoms. The minimum Gasteiger partial charge on any atom is -0.351 e. The highest BCUT2D eigenvalue weighted by Gasteiger charge is 2.18. The largest absolute Gasteiger partial charge is 0.351 e. The van der Waals surface area contributed by atoms with Crippen LogP contribution in [0.4, 0.5) is 32.3 Å². The van der Waals surface area contributed by atoms with E-state index in [2.05, 4.69) is 0 Å². The van der Waals surface area contributed by atoms with Crippen LogP contribution in [0, 0.1) is 13.8 Å². The monoisotopic (exact) mass is 374 g/mol. The van der Waals surface area contributed by atoms with Crippen LogP contribution in [0.25, 0.3) is 0 Å². The lowest BCUT2D eigenvalue weighted by Crippen LogP contribution is -2.32. The van der Waals surface area contributed by atoms with Gasteiger partial charge in [-0.25, -0.2) is 9.59 Å². The number of carbonyl (C=O) groups is 2. The Balaban J connectivity index is 1.96. The summed E-state index contributed by atoms with van der Waals surface area (Å²) in [5.74, 6) is 0. The maximum Gasteiger partial charge on any atom is 0.323 e. The molecule has 0 radical (unpaired) electrons. The van der Waals surface area contributed by atoms with Gasteiger partial charge in [-0.3, -0.25) is 9.80 Å². The van der Waals surface area contributed by atoms with Crippen molar-refractivity contribution in [2.45, 2.75) is 13.8 Å². The normalized spacial score (nSPS) is 10.4. The van der Waals surface area contributed by atoms with Gasteiger partial charge in [0.05, 0.1) is 22.7 Å². The molecule has 0 atom stereocenters. The second-order valence-electron chi connectivity index (χ2n) is 6.53. The fraction of sp³-hybridized carbons (Fsp3) is 0.0909. The molecule has 0 aromatic heterocycles. The highest BCUT2D eigenvalue weighted by molar-refractivity contribution is 6.00. The number of nitrogens with two attached hydrogens (primary N) is 2. The summed E-state index contributed by atoms with van der Waals surface area (Å²) < 4.78 is 0. The lowest BCUT2D eigenvalue weighted by molar-refractivity contribution is 0.255. The van der Waals surface area contributed by atoms with Gasteiger partial charge in [0.2, 0.25) is 0 Å². The predicted octanol–water partition coefficient (Wildman–Crippen LogP) is 4.74. The second kappa shape index (κ2) is 7.84. The van der Waals surface area contributed by atoms with Crippen molar-refractivity contribution in [3.05, 3.63) is 83.9 Å². The zero-order valence-corrected chi connectivity index (χ0v) is 15.8. The average molecular weight is 374 g/mol. The van der Waals surface area contributed by atoms with Crippen molar-refractivity contribution in [3.8, 4) is 0 Å². The van der Waals surface area contributed by atoms with Gasteiger partial charge in [0.15, 0.2) is 0 Å². The lowest BCUT2D eigenvalue weighted by Gasteiger charge is -2.24. The Bertz CT molecular complexity index is 898. The summed E-state index contributed by atoms with van der Waals surface area (Å²) in [7, 11) is 0. The van der Waals surface area contributed by atoms with Crippen LogP contribution in [0.5, 0.6) is 0 Å². The maximum absolute atomic E-state index is 12.0. The van der Waals surface area contributed by atoms with E-state index >= 15 is 0 Å². The van der Waals surface area contributed by atoms with Gasteiger partial charge in [-0.2, -0.15) is 0 Å². The quantitative estimate of drug-likeness (QED) is 0.690. The van der Waals surface area contributed by atoms with Crippen molar-refractivity contribution in [1.82, 2.24) is 0 Å². The molecule has 3 aromatic carbocycles. The first kappa shape index (κ1) is 19.0. The fourth-order valence-electron chi connectivity index (χ4n) is 2.95. The van der Waals surface area contributed by atoms with Crippen LogP contribution >= 0.6 is 0 Å². The number of primary amides is 2. The SMILES string of the molecule is Cc1ccc(N(C(N)=O)c2ccc(N(C(N)=O)c3ccc(C)cc3)cc2)cc1. The lowest BCUT2D eigenvalue weighted by atomic mass is 10.1. The van der Waals surface area contributed by atoms with Crippen LogP contribution in [0.15, 0.2) is 72.8 Å². The summed E-state index contributed by atoms with van der Waals surface area (Å²) in [4.78, 5) is 26.9. The molecule has 0 fully saturated rings. The molecule has 3 rings (SSSR count). The maximum atomic E-state index is 12.0. The molecule has 0 unspecified atom stereocenters. The number of amides is 4. The average Bonchev–Trinajstić information content (AvgIpc) is 2.66. The van der Waals surface area contributed by atoms with Gasteiger partial charge in [0.1, 0.15) is 0 Å². The van der Waals surface area contributed by atoms with Gasteiger partial charge >= 0.3 is 12.1 Å². The zero-order valence-electron chi connectivity index (χ0n) is 15.8. The number of hydrogen-bond acceptors (Lipinski definition) is 2. The van der Waals surface area contributed by atoms with E-state index in [-0.39, 0.29) is 0 Å². The molecule has 0 saturated carbocycles. The topological polar surface area (TPSA) is 92.7 Å². The van der Waals surface area contributed by atoms with E-state index < -0.39 is 12.1 Å². The van der Waals surface area contributed by atoms with Crippen LogP contribution in [0.3, 0.4) is 0 Å². The number of hydrogen-bond donors (Lipinski definition) is 2. The molecule has 0 aliphatic rings. The molecule has 0 aliphatic heterocycles. The molecule has 4 N–H and O–H groups in total. The van der Waals surface area contributed by atoms with E-state index in [1.807, 2.05) is 62.4 Å². The molecule has 6 heteroatoms. The summed E-state index contributed by atoms with van der Waals surface area (Å²) in [6.45, 7) is 3.94. The number of carbonyl (C=O) groups excluding carboxylic acids is 2. The van der Waals surface area contributed by atoms with E-state index in [0.717, 1.165) is 11.1 Å². The van der Waals surface area contributed by atoms with Gasteiger partial charge in [-0.15, -0.1) is 0 Å². The van der Waals surface area contributed by atoms with Crippen LogP contribution in [-0.4, -0.2) is 12.1 Å². The first-order valence-electron chi connectivity index (χ1n) is 8.79. The number of rotatable bonds is 4. The Morgan fingerprint density at radius 1 is 0.536 bits per heavy atom. The Morgan fingerprint density at radius 3 is 0.964 bits per heavy atom. The summed E-state index contributed by atoms with van der Waals surface area (Å²) in [5, 5.41) is 0. The third-order valence-electron chi connectivity index (χ3n) is 4.39. The number of anilines is 4. The van der Waals surface area contributed by atoms with Crippen molar-refractivity contribution in [2.24, 2.45) is 11.5 Å². The predicted molar refractivity (Wildman–Crippen MR) is 112 cm³/mol. The smallest absolute Gasteiger partial charge is 0.323 e. The van der Waals surface area contributed by atoms with Crippen LogP contribution < -0.4 is 21.3 Å². The molecule has 0 heterocycles. The number of urea groups is 2. The highest BCUT2D eigenvalue weighted by atomic mass is 16.2. The third-order valence-corrected chi connectivity index (χ3v) is 4.39. The van der Waals surface area contributed by atoms with Crippen molar-refractivity contribution >= 4 is 34.8 Å². The second-order valence-corrected chi connectivity index (χ2v) is 6.53. The first-order valence-corrected chi connectivity index (χ1v) is 8.79. The summed E-state index contributed by atoms with van der Waals surface area (Å²) >= 11 is 0. The Labute approximate surface area is 164 Å². The van der Waals surface area contributed by atoms with Crippen molar-refractivity contribution < 1.29 is 9.59 Å². The number of benzene rings is 3. The van der Waals surface area contributed by atoms with Crippen molar-refractivity contribution in [1.29, 1.82) is 0 Å². The minimum absolute atomic E-state index is 0.591. The highest BCUT2D eigenvalue weighted by Crippen LogP contribution is 2.30. The molecule has 0 spiro atoms. The fourth-order valence-corrected chi connectivity index (χ4v) is 2.95. The molecule has 142 valence electrons. The molecule has 4 amide bonds. The number of aryl methyl sites for hydroxylation is 2. The van der Waals surface area contributed by atoms with E-state index in [0.29, 0.717) is 22.7 Å². The molecular formula is C22H22N4O2. The summed E-state index contributed by atoms with van der Waals surface area (Å²) in [6, 6.07) is 20.7. The van der Waals surface area contributed by atoms with E-state index in [4.69, 9.17) is 11.5 Å². The van der Waals surface area contributed by atoms with Gasteiger partial charge in [-0.1, -0.05) is 35.4 Å². The van der Waals surface area contributed by atoms with Gasteiger partial charge in [0.25, 0.3) is 0 Å². The third kappa shape index (κ3) is 3.96. The van der Waals surface area contributed by atoms with Crippen LogP contribution in [0.1, 0.15) is 11.1 Å². The van der Waals surface area contributed by atoms with E-state index in [1.54, 1.807) is 24.3 Å². The Hall–Kier alpha value is -3.80. The summed E-state index contributed by atoms with van der Waals surface area (Å²) in [5.41, 5.74) is 15.9. The Kier molecular flexibility index (Phi) is 5.31. The van der Waals surface area contributed by atoms with E-state index in [9.17, 15) is 9.59 Å². The first-order chi connectivity index (χ1) is 13.4. The molecule has 0 bridgehead atoms. The molecule has 0 aliphatic carbocycles. The molecule has 3 aromatic rings. The van der Waals surface area contributed by atoms with Gasteiger partial charge in [-0.05, 0) is 62.4 Å².